The minimum atomic E-state index is -0.0795. The van der Waals surface area contributed by atoms with E-state index in [4.69, 9.17) is 10.1 Å². The molecule has 0 aliphatic carbocycles. The largest absolute Gasteiger partial charge is 0.355 e. The van der Waals surface area contributed by atoms with Crippen LogP contribution in [-0.4, -0.2) is 51.6 Å². The molecule has 0 unspecified atom stereocenters. The van der Waals surface area contributed by atoms with Crippen LogP contribution in [0.15, 0.2) is 49.0 Å². The summed E-state index contributed by atoms with van der Waals surface area (Å²) in [5, 5.41) is 4.91. The second-order valence-corrected chi connectivity index (χ2v) is 7.64. The number of fused-ring (bicyclic) bond motifs is 1. The molecule has 1 aliphatic rings. The molecule has 30 heavy (non-hydrogen) atoms. The van der Waals surface area contributed by atoms with Gasteiger partial charge in [0.15, 0.2) is 5.65 Å². The second kappa shape index (κ2) is 8.69. The van der Waals surface area contributed by atoms with Gasteiger partial charge in [-0.25, -0.2) is 9.50 Å². The third-order valence-electron chi connectivity index (χ3n) is 5.79. The topological polar surface area (TPSA) is 53.7 Å². The quantitative estimate of drug-likeness (QED) is 0.577. The average Bonchev–Trinajstić information content (AvgIpc) is 3.19. The average molecular weight is 404 g/mol. The molecular formula is C24H29N5O. The van der Waals surface area contributed by atoms with E-state index in [9.17, 15) is 4.79 Å². The Balaban J connectivity index is 1.86. The maximum absolute atomic E-state index is 13.2. The Morgan fingerprint density at radius 3 is 2.40 bits per heavy atom. The zero-order valence-corrected chi connectivity index (χ0v) is 17.8. The summed E-state index contributed by atoms with van der Waals surface area (Å²) in [5.41, 5.74) is 3.51. The highest BCUT2D eigenvalue weighted by Crippen LogP contribution is 2.30. The molecule has 0 saturated carbocycles. The lowest BCUT2D eigenvalue weighted by atomic mass is 10.1. The molecule has 0 spiro atoms. The summed E-state index contributed by atoms with van der Waals surface area (Å²) in [6.45, 7) is 11.4. The number of likely N-dealkylation sites (N-methyl/N-ethyl adjacent to an activating group) is 1. The number of anilines is 1. The van der Waals surface area contributed by atoms with Gasteiger partial charge in [-0.3, -0.25) is 4.79 Å². The molecular weight excluding hydrogens is 374 g/mol. The van der Waals surface area contributed by atoms with Crippen LogP contribution in [0.5, 0.6) is 0 Å². The van der Waals surface area contributed by atoms with Crippen molar-refractivity contribution >= 4 is 22.9 Å². The van der Waals surface area contributed by atoms with Gasteiger partial charge in [0.05, 0.1) is 11.3 Å². The molecule has 0 radical (unpaired) electrons. The SMILES string of the molecule is C=C(C(=O)N(CC)CC)c1c(-c2ccccc2)nc2ccc(N3CCCCC3)nn12. The molecule has 156 valence electrons. The molecule has 2 aromatic heterocycles. The fourth-order valence-electron chi connectivity index (χ4n) is 4.09. The lowest BCUT2D eigenvalue weighted by Crippen LogP contribution is -2.32. The molecule has 1 amide bonds. The van der Waals surface area contributed by atoms with Crippen LogP contribution >= 0.6 is 0 Å². The van der Waals surface area contributed by atoms with Crippen LogP contribution < -0.4 is 4.90 Å². The molecule has 0 N–H and O–H groups in total. The van der Waals surface area contributed by atoms with Crippen molar-refractivity contribution in [2.45, 2.75) is 33.1 Å². The third kappa shape index (κ3) is 3.70. The van der Waals surface area contributed by atoms with E-state index < -0.39 is 0 Å². The van der Waals surface area contributed by atoms with Crippen LogP contribution in [0.1, 0.15) is 38.8 Å². The molecule has 1 aliphatic heterocycles. The maximum Gasteiger partial charge on any atom is 0.255 e. The molecule has 4 rings (SSSR count). The Labute approximate surface area is 177 Å². The summed E-state index contributed by atoms with van der Waals surface area (Å²) in [5.74, 6) is 0.840. The van der Waals surface area contributed by atoms with E-state index in [2.05, 4.69) is 11.5 Å². The van der Waals surface area contributed by atoms with E-state index >= 15 is 0 Å². The number of rotatable bonds is 6. The number of imidazole rings is 1. The summed E-state index contributed by atoms with van der Waals surface area (Å²) in [6.07, 6.45) is 3.63. The minimum Gasteiger partial charge on any atom is -0.355 e. The lowest BCUT2D eigenvalue weighted by molar-refractivity contribution is -0.124. The van der Waals surface area contributed by atoms with Crippen LogP contribution in [-0.2, 0) is 4.79 Å². The normalized spacial score (nSPS) is 14.1. The van der Waals surface area contributed by atoms with Crippen molar-refractivity contribution in [3.8, 4) is 11.3 Å². The minimum absolute atomic E-state index is 0.0795. The van der Waals surface area contributed by atoms with Gasteiger partial charge >= 0.3 is 0 Å². The lowest BCUT2D eigenvalue weighted by Gasteiger charge is -2.27. The first-order valence-electron chi connectivity index (χ1n) is 10.8. The first-order chi connectivity index (χ1) is 14.6. The van der Waals surface area contributed by atoms with E-state index in [1.54, 1.807) is 9.42 Å². The van der Waals surface area contributed by atoms with E-state index in [-0.39, 0.29) is 5.91 Å². The summed E-state index contributed by atoms with van der Waals surface area (Å²) in [4.78, 5) is 22.1. The van der Waals surface area contributed by atoms with Gasteiger partial charge < -0.3 is 9.80 Å². The Kier molecular flexibility index (Phi) is 5.84. The molecule has 1 saturated heterocycles. The van der Waals surface area contributed by atoms with Crippen LogP contribution in [0.2, 0.25) is 0 Å². The van der Waals surface area contributed by atoms with Gasteiger partial charge in [-0.2, -0.15) is 0 Å². The second-order valence-electron chi connectivity index (χ2n) is 7.64. The first-order valence-corrected chi connectivity index (χ1v) is 10.8. The number of benzene rings is 1. The van der Waals surface area contributed by atoms with Crippen LogP contribution in [0.25, 0.3) is 22.5 Å². The molecule has 0 bridgehead atoms. The van der Waals surface area contributed by atoms with Gasteiger partial charge in [-0.05, 0) is 45.2 Å². The molecule has 6 nitrogen and oxygen atoms in total. The molecule has 1 fully saturated rings. The number of hydrogen-bond donors (Lipinski definition) is 0. The molecule has 6 heteroatoms. The molecule has 3 aromatic rings. The van der Waals surface area contributed by atoms with Crippen molar-refractivity contribution < 1.29 is 4.79 Å². The van der Waals surface area contributed by atoms with Gasteiger partial charge in [0.25, 0.3) is 5.91 Å². The van der Waals surface area contributed by atoms with E-state index in [1.165, 1.54) is 19.3 Å². The van der Waals surface area contributed by atoms with Crippen molar-refractivity contribution in [3.63, 3.8) is 0 Å². The number of nitrogens with zero attached hydrogens (tertiary/aromatic N) is 5. The number of amides is 1. The number of hydrogen-bond acceptors (Lipinski definition) is 4. The van der Waals surface area contributed by atoms with Crippen LogP contribution in [0, 0.1) is 0 Å². The molecule has 0 atom stereocenters. The summed E-state index contributed by atoms with van der Waals surface area (Å²) < 4.78 is 1.80. The number of aromatic nitrogens is 3. The smallest absolute Gasteiger partial charge is 0.255 e. The van der Waals surface area contributed by atoms with Crippen molar-refractivity contribution in [2.24, 2.45) is 0 Å². The highest BCUT2D eigenvalue weighted by Gasteiger charge is 2.25. The fraction of sp³-hybridized carbons (Fsp3) is 0.375. The van der Waals surface area contributed by atoms with E-state index in [1.807, 2.05) is 56.3 Å². The predicted molar refractivity (Wildman–Crippen MR) is 121 cm³/mol. The Hall–Kier alpha value is -3.15. The predicted octanol–water partition coefficient (Wildman–Crippen LogP) is 4.27. The van der Waals surface area contributed by atoms with Crippen LogP contribution in [0.4, 0.5) is 5.82 Å². The van der Waals surface area contributed by atoms with Gasteiger partial charge in [0.2, 0.25) is 0 Å². The summed E-state index contributed by atoms with van der Waals surface area (Å²) >= 11 is 0. The first kappa shape index (κ1) is 20.1. The molecule has 3 heterocycles. The summed E-state index contributed by atoms with van der Waals surface area (Å²) in [7, 11) is 0. The van der Waals surface area contributed by atoms with Gasteiger partial charge in [-0.15, -0.1) is 5.10 Å². The van der Waals surface area contributed by atoms with Crippen molar-refractivity contribution in [1.29, 1.82) is 0 Å². The monoisotopic (exact) mass is 403 g/mol. The van der Waals surface area contributed by atoms with Crippen LogP contribution in [0.3, 0.4) is 0 Å². The van der Waals surface area contributed by atoms with Gasteiger partial charge in [0.1, 0.15) is 11.5 Å². The van der Waals surface area contributed by atoms with Crippen molar-refractivity contribution in [3.05, 3.63) is 54.7 Å². The Morgan fingerprint density at radius 2 is 1.73 bits per heavy atom. The highest BCUT2D eigenvalue weighted by molar-refractivity contribution is 6.19. The number of carbonyl (C=O) groups is 1. The zero-order chi connectivity index (χ0) is 21.1. The van der Waals surface area contributed by atoms with E-state index in [0.29, 0.717) is 24.4 Å². The van der Waals surface area contributed by atoms with Gasteiger partial charge in [-0.1, -0.05) is 36.9 Å². The van der Waals surface area contributed by atoms with E-state index in [0.717, 1.165) is 35.8 Å². The zero-order valence-electron chi connectivity index (χ0n) is 17.8. The number of carbonyl (C=O) groups excluding carboxylic acids is 1. The van der Waals surface area contributed by atoms with Crippen molar-refractivity contribution in [2.75, 3.05) is 31.1 Å². The molecule has 1 aromatic carbocycles. The summed E-state index contributed by atoms with van der Waals surface area (Å²) in [6, 6.07) is 14.0. The third-order valence-corrected chi connectivity index (χ3v) is 5.79. The standard InChI is InChI=1S/C24H29N5O/c1-4-27(5-2)24(30)18(3)23-22(19-12-8-6-9-13-19)25-20-14-15-21(26-29(20)23)28-16-10-7-11-17-28/h6,8-9,12-15H,3-5,7,10-11,16-17H2,1-2H3. The van der Waals surface area contributed by atoms with Crippen molar-refractivity contribution in [1.82, 2.24) is 19.5 Å². The maximum atomic E-state index is 13.2. The number of piperidine rings is 1. The van der Waals surface area contributed by atoms with Gasteiger partial charge in [0, 0.05) is 31.7 Å². The Morgan fingerprint density at radius 1 is 1.03 bits per heavy atom. The highest BCUT2D eigenvalue weighted by atomic mass is 16.2. The fourth-order valence-corrected chi connectivity index (χ4v) is 4.09. The Bertz CT molecular complexity index is 1050.